The molecule has 2 aromatic carbocycles. The molecule has 0 bridgehead atoms. The second-order valence-corrected chi connectivity index (χ2v) is 6.64. The fraction of sp³-hybridized carbons (Fsp3) is 0.333. The molecule has 0 fully saturated rings. The SMILES string of the molecule is COC(C)C(C(=O)O)N(C)C(=O)OCC1c2ccccc2-c2ccccc21. The van der Waals surface area contributed by atoms with Crippen LogP contribution in [-0.4, -0.2) is 55.0 Å². The minimum absolute atomic E-state index is 0.0714. The van der Waals surface area contributed by atoms with Gasteiger partial charge in [0, 0.05) is 20.1 Å². The van der Waals surface area contributed by atoms with E-state index in [-0.39, 0.29) is 12.5 Å². The van der Waals surface area contributed by atoms with E-state index in [0.29, 0.717) is 0 Å². The molecule has 0 saturated heterocycles. The van der Waals surface area contributed by atoms with Crippen molar-refractivity contribution < 1.29 is 24.2 Å². The van der Waals surface area contributed by atoms with Crippen molar-refractivity contribution in [3.63, 3.8) is 0 Å². The van der Waals surface area contributed by atoms with Gasteiger partial charge < -0.3 is 14.6 Å². The smallest absolute Gasteiger partial charge is 0.410 e. The maximum absolute atomic E-state index is 12.5. The van der Waals surface area contributed by atoms with Crippen molar-refractivity contribution in [2.75, 3.05) is 20.8 Å². The molecular formula is C21H23NO5. The maximum Gasteiger partial charge on any atom is 0.410 e. The van der Waals surface area contributed by atoms with Gasteiger partial charge >= 0.3 is 12.1 Å². The number of amides is 1. The summed E-state index contributed by atoms with van der Waals surface area (Å²) in [6.45, 7) is 1.75. The van der Waals surface area contributed by atoms with E-state index in [2.05, 4.69) is 12.1 Å². The van der Waals surface area contributed by atoms with Crippen LogP contribution in [0.15, 0.2) is 48.5 Å². The summed E-state index contributed by atoms with van der Waals surface area (Å²) in [7, 11) is 2.82. The van der Waals surface area contributed by atoms with E-state index in [1.54, 1.807) is 6.92 Å². The molecule has 0 aromatic heterocycles. The third-order valence-corrected chi connectivity index (χ3v) is 5.11. The van der Waals surface area contributed by atoms with Crippen LogP contribution in [0, 0.1) is 0 Å². The van der Waals surface area contributed by atoms with Crippen molar-refractivity contribution in [1.82, 2.24) is 4.90 Å². The number of hydrogen-bond donors (Lipinski definition) is 1. The predicted molar refractivity (Wildman–Crippen MR) is 101 cm³/mol. The molecule has 1 aliphatic carbocycles. The Labute approximate surface area is 158 Å². The highest BCUT2D eigenvalue weighted by Crippen LogP contribution is 2.44. The Bertz CT molecular complexity index is 804. The normalized spacial score (nSPS) is 14.8. The number of rotatable bonds is 6. The second kappa shape index (κ2) is 7.80. The average Bonchev–Trinajstić information content (AvgIpc) is 2.99. The molecule has 2 atom stereocenters. The fourth-order valence-electron chi connectivity index (χ4n) is 3.62. The zero-order valence-corrected chi connectivity index (χ0v) is 15.6. The predicted octanol–water partition coefficient (Wildman–Crippen LogP) is 3.36. The summed E-state index contributed by atoms with van der Waals surface area (Å²) in [5, 5.41) is 9.40. The number of nitrogens with zero attached hydrogens (tertiary/aromatic N) is 1. The average molecular weight is 369 g/mol. The number of benzene rings is 2. The highest BCUT2D eigenvalue weighted by atomic mass is 16.6. The van der Waals surface area contributed by atoms with Gasteiger partial charge in [0.25, 0.3) is 0 Å². The van der Waals surface area contributed by atoms with Crippen LogP contribution in [0.2, 0.25) is 0 Å². The third kappa shape index (κ3) is 3.53. The summed E-state index contributed by atoms with van der Waals surface area (Å²) in [4.78, 5) is 25.1. The number of carboxylic acid groups (broad SMARTS) is 1. The number of aliphatic carboxylic acids is 1. The van der Waals surface area contributed by atoms with E-state index in [9.17, 15) is 14.7 Å². The van der Waals surface area contributed by atoms with Crippen LogP contribution < -0.4 is 0 Å². The molecule has 6 nitrogen and oxygen atoms in total. The van der Waals surface area contributed by atoms with Gasteiger partial charge in [0.15, 0.2) is 6.04 Å². The first kappa shape index (κ1) is 18.9. The molecule has 2 aromatic rings. The largest absolute Gasteiger partial charge is 0.480 e. The minimum atomic E-state index is -1.14. The van der Waals surface area contributed by atoms with E-state index in [4.69, 9.17) is 9.47 Å². The molecule has 27 heavy (non-hydrogen) atoms. The summed E-state index contributed by atoms with van der Waals surface area (Å²) < 4.78 is 10.6. The van der Waals surface area contributed by atoms with Gasteiger partial charge in [0.2, 0.25) is 0 Å². The van der Waals surface area contributed by atoms with Gasteiger partial charge in [-0.3, -0.25) is 4.90 Å². The molecule has 0 aliphatic heterocycles. The zero-order chi connectivity index (χ0) is 19.6. The highest BCUT2D eigenvalue weighted by molar-refractivity contribution is 5.81. The van der Waals surface area contributed by atoms with Gasteiger partial charge in [-0.05, 0) is 29.2 Å². The Balaban J connectivity index is 1.77. The van der Waals surface area contributed by atoms with Crippen LogP contribution in [0.5, 0.6) is 0 Å². The number of likely N-dealkylation sites (N-methyl/N-ethyl adjacent to an activating group) is 1. The number of hydrogen-bond acceptors (Lipinski definition) is 4. The van der Waals surface area contributed by atoms with Crippen molar-refractivity contribution >= 4 is 12.1 Å². The molecule has 0 saturated carbocycles. The molecule has 1 aliphatic rings. The number of methoxy groups -OCH3 is 1. The van der Waals surface area contributed by atoms with E-state index >= 15 is 0 Å². The molecule has 6 heteroatoms. The Kier molecular flexibility index (Phi) is 5.46. The zero-order valence-electron chi connectivity index (χ0n) is 15.6. The lowest BCUT2D eigenvalue weighted by Crippen LogP contribution is -2.49. The first-order chi connectivity index (χ1) is 13.0. The standard InChI is InChI=1S/C21H23NO5/c1-13(26-3)19(20(23)24)22(2)21(25)27-12-18-16-10-6-4-8-14(16)15-9-5-7-11-17(15)18/h4-11,13,18-19H,12H2,1-3H3,(H,23,24). The lowest BCUT2D eigenvalue weighted by Gasteiger charge is -2.28. The van der Waals surface area contributed by atoms with Crippen molar-refractivity contribution in [3.8, 4) is 11.1 Å². The molecule has 1 N–H and O–H groups in total. The van der Waals surface area contributed by atoms with Gasteiger partial charge in [0.05, 0.1) is 6.10 Å². The monoisotopic (exact) mass is 369 g/mol. The van der Waals surface area contributed by atoms with Crippen LogP contribution in [0.3, 0.4) is 0 Å². The van der Waals surface area contributed by atoms with Gasteiger partial charge in [-0.2, -0.15) is 0 Å². The highest BCUT2D eigenvalue weighted by Gasteiger charge is 2.34. The molecule has 142 valence electrons. The Morgan fingerprint density at radius 1 is 1.07 bits per heavy atom. The topological polar surface area (TPSA) is 76.1 Å². The van der Waals surface area contributed by atoms with Crippen molar-refractivity contribution in [3.05, 3.63) is 59.7 Å². The first-order valence-electron chi connectivity index (χ1n) is 8.79. The molecule has 0 heterocycles. The van der Waals surface area contributed by atoms with Crippen LogP contribution in [-0.2, 0) is 14.3 Å². The number of carboxylic acids is 1. The molecule has 3 rings (SSSR count). The number of carbonyl (C=O) groups is 2. The minimum Gasteiger partial charge on any atom is -0.480 e. The maximum atomic E-state index is 12.5. The summed E-state index contributed by atoms with van der Waals surface area (Å²) in [6.07, 6.45) is -1.35. The van der Waals surface area contributed by atoms with Gasteiger partial charge in [-0.25, -0.2) is 9.59 Å². The summed E-state index contributed by atoms with van der Waals surface area (Å²) >= 11 is 0. The number of ether oxygens (including phenoxy) is 2. The quantitative estimate of drug-likeness (QED) is 0.845. The van der Waals surface area contributed by atoms with Crippen molar-refractivity contribution in [2.45, 2.75) is 25.0 Å². The number of fused-ring (bicyclic) bond motifs is 3. The Hall–Kier alpha value is -2.86. The molecule has 0 spiro atoms. The molecular weight excluding hydrogens is 346 g/mol. The lowest BCUT2D eigenvalue weighted by atomic mass is 9.98. The van der Waals surface area contributed by atoms with E-state index in [1.165, 1.54) is 14.2 Å². The van der Waals surface area contributed by atoms with Crippen LogP contribution in [0.25, 0.3) is 11.1 Å². The van der Waals surface area contributed by atoms with Crippen molar-refractivity contribution in [2.24, 2.45) is 0 Å². The summed E-state index contributed by atoms with van der Waals surface area (Å²) in [5.74, 6) is -1.21. The summed E-state index contributed by atoms with van der Waals surface area (Å²) in [6, 6.07) is 15.0. The van der Waals surface area contributed by atoms with Crippen LogP contribution >= 0.6 is 0 Å². The van der Waals surface area contributed by atoms with Gasteiger partial charge in [0.1, 0.15) is 6.61 Å². The molecule has 2 unspecified atom stereocenters. The lowest BCUT2D eigenvalue weighted by molar-refractivity contribution is -0.146. The fourth-order valence-corrected chi connectivity index (χ4v) is 3.62. The molecule has 1 amide bonds. The Morgan fingerprint density at radius 3 is 2.07 bits per heavy atom. The van der Waals surface area contributed by atoms with Crippen LogP contribution in [0.1, 0.15) is 24.0 Å². The first-order valence-corrected chi connectivity index (χ1v) is 8.79. The Morgan fingerprint density at radius 2 is 1.59 bits per heavy atom. The summed E-state index contributed by atoms with van der Waals surface area (Å²) in [5.41, 5.74) is 4.49. The number of carbonyl (C=O) groups excluding carboxylic acids is 1. The van der Waals surface area contributed by atoms with E-state index in [1.807, 2.05) is 36.4 Å². The van der Waals surface area contributed by atoms with Gasteiger partial charge in [-0.15, -0.1) is 0 Å². The van der Waals surface area contributed by atoms with E-state index < -0.39 is 24.2 Å². The second-order valence-electron chi connectivity index (χ2n) is 6.64. The van der Waals surface area contributed by atoms with Crippen molar-refractivity contribution in [1.29, 1.82) is 0 Å². The third-order valence-electron chi connectivity index (χ3n) is 5.11. The van der Waals surface area contributed by atoms with E-state index in [0.717, 1.165) is 27.2 Å². The molecule has 0 radical (unpaired) electrons. The van der Waals surface area contributed by atoms with Crippen LogP contribution in [0.4, 0.5) is 4.79 Å². The van der Waals surface area contributed by atoms with Gasteiger partial charge in [-0.1, -0.05) is 48.5 Å².